The lowest BCUT2D eigenvalue weighted by atomic mass is 9.95. The molecule has 2 heterocycles. The Hall–Kier alpha value is -2.91. The molecule has 138 valence electrons. The van der Waals surface area contributed by atoms with Gasteiger partial charge in [-0.2, -0.15) is 23.3 Å². The number of piperidine rings is 1. The second-order valence-corrected chi connectivity index (χ2v) is 5.96. The van der Waals surface area contributed by atoms with E-state index in [2.05, 4.69) is 20.5 Å². The molecular formula is C16H16F3N5O2. The smallest absolute Gasteiger partial charge is 0.339 e. The molecule has 1 saturated heterocycles. The molecule has 0 spiro atoms. The van der Waals surface area contributed by atoms with Crippen LogP contribution in [-0.2, 0) is 11.0 Å². The minimum Gasteiger partial charge on any atom is -0.339 e. The third kappa shape index (κ3) is 4.01. The first-order valence-electron chi connectivity index (χ1n) is 7.97. The van der Waals surface area contributed by atoms with E-state index >= 15 is 0 Å². The van der Waals surface area contributed by atoms with Gasteiger partial charge in [0.15, 0.2) is 0 Å². The Balaban J connectivity index is 1.55. The second-order valence-electron chi connectivity index (χ2n) is 5.96. The van der Waals surface area contributed by atoms with Gasteiger partial charge >= 0.3 is 6.18 Å². The first kappa shape index (κ1) is 17.9. The van der Waals surface area contributed by atoms with Crippen LogP contribution in [0.5, 0.6) is 0 Å². The summed E-state index contributed by atoms with van der Waals surface area (Å²) in [4.78, 5) is 29.9. The zero-order valence-electron chi connectivity index (χ0n) is 13.6. The molecule has 1 aromatic heterocycles. The molecule has 2 aromatic rings. The summed E-state index contributed by atoms with van der Waals surface area (Å²) in [5.74, 6) is -0.550. The number of H-pyrrole nitrogens is 1. The molecule has 0 radical (unpaired) electrons. The Morgan fingerprint density at radius 3 is 2.35 bits per heavy atom. The number of alkyl halides is 3. The van der Waals surface area contributed by atoms with Crippen LogP contribution in [-0.4, -0.2) is 45.0 Å². The molecule has 7 nitrogen and oxygen atoms in total. The van der Waals surface area contributed by atoms with Crippen LogP contribution in [0, 0.1) is 5.92 Å². The molecular weight excluding hydrogens is 351 g/mol. The van der Waals surface area contributed by atoms with Gasteiger partial charge in [0.25, 0.3) is 5.91 Å². The molecule has 0 bridgehead atoms. The minimum absolute atomic E-state index is 0.197. The van der Waals surface area contributed by atoms with Crippen molar-refractivity contribution in [3.05, 3.63) is 41.7 Å². The summed E-state index contributed by atoms with van der Waals surface area (Å²) < 4.78 is 37.8. The molecule has 0 unspecified atom stereocenters. The summed E-state index contributed by atoms with van der Waals surface area (Å²) >= 11 is 0. The lowest BCUT2D eigenvalue weighted by Crippen LogP contribution is -2.41. The van der Waals surface area contributed by atoms with Crippen molar-refractivity contribution in [1.82, 2.24) is 20.1 Å². The number of rotatable bonds is 3. The maximum atomic E-state index is 12.6. The van der Waals surface area contributed by atoms with Crippen molar-refractivity contribution < 1.29 is 22.8 Å². The van der Waals surface area contributed by atoms with Crippen molar-refractivity contribution in [2.75, 3.05) is 18.4 Å². The summed E-state index contributed by atoms with van der Waals surface area (Å²) in [6.45, 7) is 0.711. The Kier molecular flexibility index (Phi) is 4.92. The van der Waals surface area contributed by atoms with Crippen LogP contribution >= 0.6 is 0 Å². The Morgan fingerprint density at radius 1 is 1.15 bits per heavy atom. The van der Waals surface area contributed by atoms with E-state index in [1.54, 1.807) is 4.90 Å². The van der Waals surface area contributed by atoms with E-state index in [1.807, 2.05) is 0 Å². The molecule has 1 aliphatic rings. The van der Waals surface area contributed by atoms with Crippen molar-refractivity contribution in [3.63, 3.8) is 0 Å². The highest BCUT2D eigenvalue weighted by Gasteiger charge is 2.31. The number of aromatic amines is 1. The maximum absolute atomic E-state index is 12.6. The summed E-state index contributed by atoms with van der Waals surface area (Å²) in [6.07, 6.45) is -2.23. The predicted octanol–water partition coefficient (Wildman–Crippen LogP) is 2.31. The fourth-order valence-electron chi connectivity index (χ4n) is 2.81. The lowest BCUT2D eigenvalue weighted by molar-refractivity contribution is -0.137. The number of carbonyl (C=O) groups is 2. The molecule has 2 N–H and O–H groups in total. The Morgan fingerprint density at radius 2 is 1.81 bits per heavy atom. The number of nitrogens with one attached hydrogen (secondary N) is 2. The summed E-state index contributed by atoms with van der Waals surface area (Å²) in [5.41, 5.74) is -0.598. The number of benzene rings is 1. The van der Waals surface area contributed by atoms with Crippen LogP contribution in [0.4, 0.5) is 19.1 Å². The van der Waals surface area contributed by atoms with Gasteiger partial charge in [0, 0.05) is 24.6 Å². The van der Waals surface area contributed by atoms with Crippen molar-refractivity contribution in [1.29, 1.82) is 0 Å². The van der Waals surface area contributed by atoms with Crippen LogP contribution in [0.3, 0.4) is 0 Å². The zero-order valence-corrected chi connectivity index (χ0v) is 13.6. The molecule has 0 aliphatic carbocycles. The average molecular weight is 367 g/mol. The molecule has 1 aliphatic heterocycles. The van der Waals surface area contributed by atoms with Crippen LogP contribution in [0.15, 0.2) is 30.6 Å². The fraction of sp³-hybridized carbons (Fsp3) is 0.375. The minimum atomic E-state index is -4.43. The monoisotopic (exact) mass is 367 g/mol. The van der Waals surface area contributed by atoms with Crippen LogP contribution in [0.1, 0.15) is 28.8 Å². The predicted molar refractivity (Wildman–Crippen MR) is 85.1 cm³/mol. The van der Waals surface area contributed by atoms with E-state index in [0.717, 1.165) is 12.1 Å². The number of halogens is 3. The topological polar surface area (TPSA) is 91.0 Å². The first-order valence-corrected chi connectivity index (χ1v) is 7.97. The van der Waals surface area contributed by atoms with Crippen molar-refractivity contribution in [2.24, 2.45) is 5.92 Å². The van der Waals surface area contributed by atoms with Crippen LogP contribution in [0.25, 0.3) is 0 Å². The molecule has 0 atom stereocenters. The third-order valence-corrected chi connectivity index (χ3v) is 4.27. The molecule has 26 heavy (non-hydrogen) atoms. The van der Waals surface area contributed by atoms with Gasteiger partial charge in [0.2, 0.25) is 11.9 Å². The normalized spacial score (nSPS) is 15.7. The quantitative estimate of drug-likeness (QED) is 0.871. The average Bonchev–Trinajstić information content (AvgIpc) is 3.13. The van der Waals surface area contributed by atoms with E-state index in [9.17, 15) is 22.8 Å². The van der Waals surface area contributed by atoms with E-state index in [-0.39, 0.29) is 29.2 Å². The number of hydrogen-bond acceptors (Lipinski definition) is 4. The first-order chi connectivity index (χ1) is 12.3. The standard InChI is InChI=1S/C16H16F3N5O2/c17-16(18,19)12-3-1-11(2-4-12)14(26)24-7-5-10(6-8-24)13(25)22-15-20-9-21-23-15/h1-4,9-10H,5-8H2,(H2,20,21,22,23,25). The summed E-state index contributed by atoms with van der Waals surface area (Å²) in [7, 11) is 0. The van der Waals surface area contributed by atoms with E-state index < -0.39 is 11.7 Å². The molecule has 10 heteroatoms. The zero-order chi connectivity index (χ0) is 18.7. The van der Waals surface area contributed by atoms with Gasteiger partial charge in [0.1, 0.15) is 6.33 Å². The number of amides is 2. The van der Waals surface area contributed by atoms with Gasteiger partial charge in [-0.1, -0.05) is 0 Å². The van der Waals surface area contributed by atoms with E-state index in [0.29, 0.717) is 25.9 Å². The fourth-order valence-corrected chi connectivity index (χ4v) is 2.81. The lowest BCUT2D eigenvalue weighted by Gasteiger charge is -2.31. The molecule has 3 rings (SSSR count). The molecule has 1 fully saturated rings. The van der Waals surface area contributed by atoms with Crippen LogP contribution in [0.2, 0.25) is 0 Å². The van der Waals surface area contributed by atoms with Crippen molar-refractivity contribution >= 4 is 17.8 Å². The molecule has 2 amide bonds. The highest BCUT2D eigenvalue weighted by atomic mass is 19.4. The maximum Gasteiger partial charge on any atom is 0.416 e. The highest BCUT2D eigenvalue weighted by Crippen LogP contribution is 2.29. The second kappa shape index (κ2) is 7.14. The van der Waals surface area contributed by atoms with Gasteiger partial charge in [-0.15, -0.1) is 0 Å². The van der Waals surface area contributed by atoms with Crippen LogP contribution < -0.4 is 5.32 Å². The van der Waals surface area contributed by atoms with E-state index in [1.165, 1.54) is 18.5 Å². The summed E-state index contributed by atoms with van der Waals surface area (Å²) in [5, 5.41) is 8.78. The third-order valence-electron chi connectivity index (χ3n) is 4.27. The highest BCUT2D eigenvalue weighted by molar-refractivity contribution is 5.95. The van der Waals surface area contributed by atoms with Gasteiger partial charge in [0.05, 0.1) is 5.56 Å². The number of aromatic nitrogens is 3. The van der Waals surface area contributed by atoms with Gasteiger partial charge < -0.3 is 4.90 Å². The van der Waals surface area contributed by atoms with Gasteiger partial charge in [-0.05, 0) is 37.1 Å². The number of nitrogens with zero attached hydrogens (tertiary/aromatic N) is 3. The Labute approximate surface area is 146 Å². The number of likely N-dealkylation sites (tertiary alicyclic amines) is 1. The largest absolute Gasteiger partial charge is 0.416 e. The van der Waals surface area contributed by atoms with Gasteiger partial charge in [-0.3, -0.25) is 14.9 Å². The molecule has 0 saturated carbocycles. The summed E-state index contributed by atoms with van der Waals surface area (Å²) in [6, 6.07) is 4.14. The van der Waals surface area contributed by atoms with Crippen molar-refractivity contribution in [2.45, 2.75) is 19.0 Å². The SMILES string of the molecule is O=C(Nc1ncn[nH]1)C1CCN(C(=O)c2ccc(C(F)(F)F)cc2)CC1. The van der Waals surface area contributed by atoms with E-state index in [4.69, 9.17) is 0 Å². The van der Waals surface area contributed by atoms with Crippen molar-refractivity contribution in [3.8, 4) is 0 Å². The number of hydrogen-bond donors (Lipinski definition) is 2. The number of carbonyl (C=O) groups excluding carboxylic acids is 2. The number of anilines is 1. The van der Waals surface area contributed by atoms with Gasteiger partial charge in [-0.25, -0.2) is 5.10 Å². The molecule has 1 aromatic carbocycles. The Bertz CT molecular complexity index is 766.